The van der Waals surface area contributed by atoms with Crippen LogP contribution in [-0.2, 0) is 10.0 Å². The second-order valence-electron chi connectivity index (χ2n) is 9.49. The Morgan fingerprint density at radius 1 is 1.14 bits per heavy atom. The average Bonchev–Trinajstić information content (AvgIpc) is 2.60. The number of sulfonamides is 1. The molecule has 1 saturated carbocycles. The van der Waals surface area contributed by atoms with Crippen molar-refractivity contribution in [2.75, 3.05) is 11.9 Å². The molecule has 0 saturated heterocycles. The fourth-order valence-corrected chi connectivity index (χ4v) is 4.51. The van der Waals surface area contributed by atoms with Gasteiger partial charge in [-0.15, -0.1) is 0 Å². The highest BCUT2D eigenvalue weighted by molar-refractivity contribution is 7.90. The Balaban J connectivity index is 1.84. The van der Waals surface area contributed by atoms with Crippen LogP contribution in [0.25, 0.3) is 0 Å². The van der Waals surface area contributed by atoms with Crippen LogP contribution in [-0.4, -0.2) is 37.7 Å². The lowest BCUT2D eigenvalue weighted by molar-refractivity contribution is 0.0943. The molecule has 0 radical (unpaired) electrons. The summed E-state index contributed by atoms with van der Waals surface area (Å²) in [7, 11) is -3.29. The molecule has 1 amide bonds. The van der Waals surface area contributed by atoms with E-state index in [0.717, 1.165) is 43.5 Å². The number of rotatable bonds is 7. The maximum atomic E-state index is 12.3. The standard InChI is InChI=1S/C22H37N3O3S/c1-15(2)24-21(26)18-9-12-20(16(3)13-18)23-14-17-7-10-19(11-8-17)25-29(27,28)22(4,5)6/h9,12-13,15,17,19,23,25H,7-8,10-11,14H2,1-6H3,(H,24,26)/t17-,19-. The van der Waals surface area contributed by atoms with E-state index in [1.165, 1.54) is 0 Å². The first-order valence-corrected chi connectivity index (χ1v) is 12.0. The molecule has 1 aromatic rings. The van der Waals surface area contributed by atoms with Gasteiger partial charge in [-0.05, 0) is 96.9 Å². The van der Waals surface area contributed by atoms with Gasteiger partial charge in [-0.3, -0.25) is 4.79 Å². The molecule has 164 valence electrons. The lowest BCUT2D eigenvalue weighted by Gasteiger charge is -2.31. The minimum Gasteiger partial charge on any atom is -0.385 e. The van der Waals surface area contributed by atoms with Crippen molar-refractivity contribution in [1.82, 2.24) is 10.0 Å². The number of amides is 1. The second kappa shape index (κ2) is 9.47. The van der Waals surface area contributed by atoms with E-state index in [0.29, 0.717) is 11.5 Å². The van der Waals surface area contributed by atoms with E-state index < -0.39 is 14.8 Å². The molecular weight excluding hydrogens is 386 g/mol. The Morgan fingerprint density at radius 3 is 2.28 bits per heavy atom. The summed E-state index contributed by atoms with van der Waals surface area (Å²) in [5.41, 5.74) is 2.77. The van der Waals surface area contributed by atoms with Gasteiger partial charge in [0.15, 0.2) is 0 Å². The van der Waals surface area contributed by atoms with Gasteiger partial charge < -0.3 is 10.6 Å². The van der Waals surface area contributed by atoms with Crippen molar-refractivity contribution < 1.29 is 13.2 Å². The number of hydrogen-bond acceptors (Lipinski definition) is 4. The normalized spacial score (nSPS) is 20.5. The van der Waals surface area contributed by atoms with E-state index in [1.807, 2.05) is 39.0 Å². The molecule has 0 bridgehead atoms. The van der Waals surface area contributed by atoms with Gasteiger partial charge in [0.05, 0.1) is 4.75 Å². The number of anilines is 1. The highest BCUT2D eigenvalue weighted by Gasteiger charge is 2.32. The van der Waals surface area contributed by atoms with Gasteiger partial charge in [-0.1, -0.05) is 0 Å². The molecule has 1 fully saturated rings. The molecule has 3 N–H and O–H groups in total. The summed E-state index contributed by atoms with van der Waals surface area (Å²) in [5.74, 6) is 0.472. The summed E-state index contributed by atoms with van der Waals surface area (Å²) in [5, 5.41) is 6.42. The highest BCUT2D eigenvalue weighted by atomic mass is 32.2. The lowest BCUT2D eigenvalue weighted by Crippen LogP contribution is -2.46. The van der Waals surface area contributed by atoms with Gasteiger partial charge in [0.1, 0.15) is 0 Å². The molecule has 6 nitrogen and oxygen atoms in total. The molecule has 0 aromatic heterocycles. The van der Waals surface area contributed by atoms with E-state index in [4.69, 9.17) is 0 Å². The van der Waals surface area contributed by atoms with Crippen molar-refractivity contribution in [3.8, 4) is 0 Å². The zero-order chi connectivity index (χ0) is 21.8. The fraction of sp³-hybridized carbons (Fsp3) is 0.682. The van der Waals surface area contributed by atoms with Crippen molar-refractivity contribution in [3.05, 3.63) is 29.3 Å². The van der Waals surface area contributed by atoms with E-state index >= 15 is 0 Å². The lowest BCUT2D eigenvalue weighted by atomic mass is 9.86. The number of aryl methyl sites for hydroxylation is 1. The van der Waals surface area contributed by atoms with E-state index in [-0.39, 0.29) is 18.0 Å². The predicted octanol–water partition coefficient (Wildman–Crippen LogP) is 3.82. The first kappa shape index (κ1) is 23.7. The monoisotopic (exact) mass is 423 g/mol. The van der Waals surface area contributed by atoms with Gasteiger partial charge in [0, 0.05) is 29.9 Å². The maximum absolute atomic E-state index is 12.3. The molecule has 1 aromatic carbocycles. The number of hydrogen-bond donors (Lipinski definition) is 3. The first-order valence-electron chi connectivity index (χ1n) is 10.6. The van der Waals surface area contributed by atoms with Crippen LogP contribution in [0.4, 0.5) is 5.69 Å². The number of nitrogens with one attached hydrogen (secondary N) is 3. The van der Waals surface area contributed by atoms with Crippen molar-refractivity contribution in [1.29, 1.82) is 0 Å². The van der Waals surface area contributed by atoms with Crippen LogP contribution < -0.4 is 15.4 Å². The summed E-state index contributed by atoms with van der Waals surface area (Å²) >= 11 is 0. The molecule has 1 aliphatic carbocycles. The van der Waals surface area contributed by atoms with Gasteiger partial charge in [-0.2, -0.15) is 0 Å². The molecular formula is C22H37N3O3S. The molecule has 0 atom stereocenters. The van der Waals surface area contributed by atoms with E-state index in [1.54, 1.807) is 20.8 Å². The van der Waals surface area contributed by atoms with Gasteiger partial charge >= 0.3 is 0 Å². The van der Waals surface area contributed by atoms with Crippen LogP contribution in [0, 0.1) is 12.8 Å². The van der Waals surface area contributed by atoms with Gasteiger partial charge in [0.25, 0.3) is 5.91 Å². The minimum absolute atomic E-state index is 0.0379. The van der Waals surface area contributed by atoms with Crippen LogP contribution in [0.1, 0.15) is 76.2 Å². The maximum Gasteiger partial charge on any atom is 0.251 e. The second-order valence-corrected chi connectivity index (χ2v) is 12.0. The Morgan fingerprint density at radius 2 is 1.76 bits per heavy atom. The molecule has 1 aliphatic rings. The number of carbonyl (C=O) groups is 1. The smallest absolute Gasteiger partial charge is 0.251 e. The van der Waals surface area contributed by atoms with Crippen molar-refractivity contribution in [2.45, 2.75) is 84.1 Å². The van der Waals surface area contributed by atoms with Gasteiger partial charge in [0.2, 0.25) is 10.0 Å². The molecule has 0 spiro atoms. The SMILES string of the molecule is Cc1cc(C(=O)NC(C)C)ccc1NC[C@H]1CC[C@H](NS(=O)(=O)C(C)(C)C)CC1. The molecule has 2 rings (SSSR count). The van der Waals surface area contributed by atoms with E-state index in [9.17, 15) is 13.2 Å². The van der Waals surface area contributed by atoms with Crippen molar-refractivity contribution in [2.24, 2.45) is 5.92 Å². The number of carbonyl (C=O) groups excluding carboxylic acids is 1. The quantitative estimate of drug-likeness (QED) is 0.622. The zero-order valence-corrected chi connectivity index (χ0v) is 19.4. The third kappa shape index (κ3) is 6.71. The largest absolute Gasteiger partial charge is 0.385 e. The number of benzene rings is 1. The summed E-state index contributed by atoms with van der Waals surface area (Å²) in [4.78, 5) is 12.1. The Kier molecular flexibility index (Phi) is 7.74. The molecule has 0 aliphatic heterocycles. The van der Waals surface area contributed by atoms with Crippen LogP contribution in [0.5, 0.6) is 0 Å². The topological polar surface area (TPSA) is 87.3 Å². The zero-order valence-electron chi connectivity index (χ0n) is 18.6. The van der Waals surface area contributed by atoms with Crippen LogP contribution in [0.15, 0.2) is 18.2 Å². The Bertz CT molecular complexity index is 805. The third-order valence-corrected chi connectivity index (χ3v) is 7.72. The van der Waals surface area contributed by atoms with Crippen molar-refractivity contribution in [3.63, 3.8) is 0 Å². The Labute approximate surface area is 176 Å². The average molecular weight is 424 g/mol. The van der Waals surface area contributed by atoms with Gasteiger partial charge in [-0.25, -0.2) is 13.1 Å². The highest BCUT2D eigenvalue weighted by Crippen LogP contribution is 2.27. The summed E-state index contributed by atoms with van der Waals surface area (Å²) in [6.07, 6.45) is 3.74. The third-order valence-electron chi connectivity index (χ3n) is 5.46. The summed E-state index contributed by atoms with van der Waals surface area (Å²) in [6.45, 7) is 11.9. The molecule has 29 heavy (non-hydrogen) atoms. The van der Waals surface area contributed by atoms with E-state index in [2.05, 4.69) is 15.4 Å². The van der Waals surface area contributed by atoms with Crippen molar-refractivity contribution >= 4 is 21.6 Å². The predicted molar refractivity (Wildman–Crippen MR) is 120 cm³/mol. The summed E-state index contributed by atoms with van der Waals surface area (Å²) in [6, 6.07) is 5.89. The molecule has 7 heteroatoms. The Hall–Kier alpha value is -1.60. The van der Waals surface area contributed by atoms with Crippen LogP contribution in [0.2, 0.25) is 0 Å². The molecule has 0 unspecified atom stereocenters. The molecule has 0 heterocycles. The minimum atomic E-state index is -3.29. The first-order chi connectivity index (χ1) is 13.4. The fourth-order valence-electron chi connectivity index (χ4n) is 3.48. The van der Waals surface area contributed by atoms with Crippen LogP contribution >= 0.6 is 0 Å². The van der Waals surface area contributed by atoms with Crippen LogP contribution in [0.3, 0.4) is 0 Å². The summed E-state index contributed by atoms with van der Waals surface area (Å²) < 4.78 is 26.8.